The number of nitrogens with one attached hydrogen (secondary N) is 1. The number of amides is 2. The van der Waals surface area contributed by atoms with Gasteiger partial charge in [0.2, 0.25) is 11.8 Å². The lowest BCUT2D eigenvalue weighted by molar-refractivity contribution is -0.127. The Kier molecular flexibility index (Phi) is 5.99. The van der Waals surface area contributed by atoms with Crippen LogP contribution < -0.4 is 11.1 Å². The highest BCUT2D eigenvalue weighted by molar-refractivity contribution is 5.87. The standard InChI is InChI=1S/C21H21N3O3/c22-21(26)20(16-10-5-2-6-11-16)24-18(25)12-7-13-19-23-14-17(27-19)15-8-3-1-4-9-15/h1-6,8-11,14,20H,7,12-13H2,(H2,22,26)(H,24,25). The van der Waals surface area contributed by atoms with Crippen LogP contribution in [0.15, 0.2) is 71.3 Å². The summed E-state index contributed by atoms with van der Waals surface area (Å²) in [6, 6.07) is 17.8. The van der Waals surface area contributed by atoms with Crippen molar-refractivity contribution in [2.24, 2.45) is 5.73 Å². The van der Waals surface area contributed by atoms with Gasteiger partial charge in [0.25, 0.3) is 0 Å². The van der Waals surface area contributed by atoms with E-state index in [9.17, 15) is 9.59 Å². The second-order valence-electron chi connectivity index (χ2n) is 6.15. The number of benzene rings is 2. The average molecular weight is 363 g/mol. The normalized spacial score (nSPS) is 11.7. The van der Waals surface area contributed by atoms with Crippen LogP contribution in [0.5, 0.6) is 0 Å². The molecule has 0 fully saturated rings. The van der Waals surface area contributed by atoms with E-state index in [0.29, 0.717) is 30.1 Å². The van der Waals surface area contributed by atoms with Crippen LogP contribution in [-0.2, 0) is 16.0 Å². The van der Waals surface area contributed by atoms with Gasteiger partial charge < -0.3 is 15.5 Å². The van der Waals surface area contributed by atoms with E-state index in [1.165, 1.54) is 0 Å². The van der Waals surface area contributed by atoms with Crippen LogP contribution in [0.25, 0.3) is 11.3 Å². The van der Waals surface area contributed by atoms with Crippen molar-refractivity contribution in [3.05, 3.63) is 78.3 Å². The van der Waals surface area contributed by atoms with Gasteiger partial charge in [-0.25, -0.2) is 4.98 Å². The summed E-state index contributed by atoms with van der Waals surface area (Å²) in [5, 5.41) is 2.69. The van der Waals surface area contributed by atoms with Gasteiger partial charge in [-0.2, -0.15) is 0 Å². The molecule has 0 aliphatic carbocycles. The molecule has 2 aromatic carbocycles. The Morgan fingerprint density at radius 3 is 2.37 bits per heavy atom. The molecule has 0 radical (unpaired) electrons. The topological polar surface area (TPSA) is 98.2 Å². The zero-order valence-electron chi connectivity index (χ0n) is 14.8. The van der Waals surface area contributed by atoms with Crippen molar-refractivity contribution in [2.45, 2.75) is 25.3 Å². The van der Waals surface area contributed by atoms with E-state index in [1.807, 2.05) is 36.4 Å². The minimum Gasteiger partial charge on any atom is -0.441 e. The van der Waals surface area contributed by atoms with Gasteiger partial charge in [0, 0.05) is 18.4 Å². The molecule has 138 valence electrons. The molecule has 2 amide bonds. The van der Waals surface area contributed by atoms with Crippen LogP contribution in [0.2, 0.25) is 0 Å². The van der Waals surface area contributed by atoms with Gasteiger partial charge in [-0.05, 0) is 12.0 Å². The van der Waals surface area contributed by atoms with Gasteiger partial charge >= 0.3 is 0 Å². The summed E-state index contributed by atoms with van der Waals surface area (Å²) in [4.78, 5) is 28.1. The number of oxazole rings is 1. The maximum absolute atomic E-state index is 12.2. The Hall–Kier alpha value is -3.41. The van der Waals surface area contributed by atoms with E-state index in [2.05, 4.69) is 10.3 Å². The third-order valence-electron chi connectivity index (χ3n) is 4.13. The number of rotatable bonds is 8. The van der Waals surface area contributed by atoms with Gasteiger partial charge in [0.15, 0.2) is 11.7 Å². The molecule has 27 heavy (non-hydrogen) atoms. The monoisotopic (exact) mass is 363 g/mol. The minimum absolute atomic E-state index is 0.238. The van der Waals surface area contributed by atoms with Gasteiger partial charge in [-0.3, -0.25) is 9.59 Å². The molecule has 0 bridgehead atoms. The minimum atomic E-state index is -0.829. The maximum Gasteiger partial charge on any atom is 0.244 e. The number of carbonyl (C=O) groups excluding carboxylic acids is 2. The van der Waals surface area contributed by atoms with Crippen molar-refractivity contribution in [1.29, 1.82) is 0 Å². The molecule has 3 N–H and O–H groups in total. The largest absolute Gasteiger partial charge is 0.441 e. The second-order valence-corrected chi connectivity index (χ2v) is 6.15. The van der Waals surface area contributed by atoms with Crippen molar-refractivity contribution in [1.82, 2.24) is 10.3 Å². The Morgan fingerprint density at radius 1 is 1.04 bits per heavy atom. The summed E-state index contributed by atoms with van der Waals surface area (Å²) in [5.41, 5.74) is 7.04. The van der Waals surface area contributed by atoms with Crippen molar-refractivity contribution >= 4 is 11.8 Å². The number of primary amides is 1. The lowest BCUT2D eigenvalue weighted by atomic mass is 10.1. The first kappa shape index (κ1) is 18.4. The van der Waals surface area contributed by atoms with Gasteiger partial charge in [-0.1, -0.05) is 60.7 Å². The molecule has 6 nitrogen and oxygen atoms in total. The predicted molar refractivity (Wildman–Crippen MR) is 101 cm³/mol. The van der Waals surface area contributed by atoms with Crippen molar-refractivity contribution < 1.29 is 14.0 Å². The van der Waals surface area contributed by atoms with E-state index < -0.39 is 11.9 Å². The van der Waals surface area contributed by atoms with Crippen LogP contribution >= 0.6 is 0 Å². The number of aryl methyl sites for hydroxylation is 1. The van der Waals surface area contributed by atoms with Gasteiger partial charge in [0.05, 0.1) is 6.20 Å². The molecular weight excluding hydrogens is 342 g/mol. The lowest BCUT2D eigenvalue weighted by Crippen LogP contribution is -2.37. The zero-order valence-corrected chi connectivity index (χ0v) is 14.8. The number of nitrogens with zero attached hydrogens (tertiary/aromatic N) is 1. The third kappa shape index (κ3) is 5.04. The predicted octanol–water partition coefficient (Wildman–Crippen LogP) is 3.01. The first-order valence-electron chi connectivity index (χ1n) is 8.77. The molecule has 1 aromatic heterocycles. The fourth-order valence-corrected chi connectivity index (χ4v) is 2.76. The first-order valence-corrected chi connectivity index (χ1v) is 8.77. The molecular formula is C21H21N3O3. The summed E-state index contributed by atoms with van der Waals surface area (Å²) < 4.78 is 5.72. The van der Waals surface area contributed by atoms with Crippen LogP contribution in [0.4, 0.5) is 0 Å². The number of hydrogen-bond donors (Lipinski definition) is 2. The second kappa shape index (κ2) is 8.80. The van der Waals surface area contributed by atoms with Crippen LogP contribution in [-0.4, -0.2) is 16.8 Å². The van der Waals surface area contributed by atoms with Crippen molar-refractivity contribution in [3.63, 3.8) is 0 Å². The van der Waals surface area contributed by atoms with E-state index in [4.69, 9.17) is 10.2 Å². The number of nitrogens with two attached hydrogens (primary N) is 1. The van der Waals surface area contributed by atoms with Crippen molar-refractivity contribution in [2.75, 3.05) is 0 Å². The Bertz CT molecular complexity index is 891. The zero-order chi connectivity index (χ0) is 19.1. The molecule has 0 saturated carbocycles. The highest BCUT2D eigenvalue weighted by atomic mass is 16.4. The fraction of sp³-hybridized carbons (Fsp3) is 0.190. The smallest absolute Gasteiger partial charge is 0.244 e. The average Bonchev–Trinajstić information content (AvgIpc) is 3.16. The van der Waals surface area contributed by atoms with E-state index >= 15 is 0 Å². The molecule has 1 heterocycles. The summed E-state index contributed by atoms with van der Waals surface area (Å²) >= 11 is 0. The molecule has 1 atom stereocenters. The Morgan fingerprint density at radius 2 is 1.70 bits per heavy atom. The lowest BCUT2D eigenvalue weighted by Gasteiger charge is -2.15. The van der Waals surface area contributed by atoms with Crippen LogP contribution in [0, 0.1) is 0 Å². The molecule has 3 aromatic rings. The number of aromatic nitrogens is 1. The number of hydrogen-bond acceptors (Lipinski definition) is 4. The van der Waals surface area contributed by atoms with Crippen molar-refractivity contribution in [3.8, 4) is 11.3 Å². The highest BCUT2D eigenvalue weighted by Gasteiger charge is 2.19. The summed E-state index contributed by atoms with van der Waals surface area (Å²) in [6.45, 7) is 0. The van der Waals surface area contributed by atoms with E-state index in [0.717, 1.165) is 5.56 Å². The Labute approximate surface area is 157 Å². The molecule has 6 heteroatoms. The molecule has 0 aliphatic rings. The number of carbonyl (C=O) groups is 2. The summed E-state index contributed by atoms with van der Waals surface area (Å²) in [7, 11) is 0. The first-order chi connectivity index (χ1) is 13.1. The molecule has 0 saturated heterocycles. The van der Waals surface area contributed by atoms with E-state index in [-0.39, 0.29) is 12.3 Å². The summed E-state index contributed by atoms with van der Waals surface area (Å²) in [6.07, 6.45) is 3.02. The molecule has 0 spiro atoms. The fourth-order valence-electron chi connectivity index (χ4n) is 2.76. The SMILES string of the molecule is NC(=O)C(NC(=O)CCCc1ncc(-c2ccccc2)o1)c1ccccc1. The maximum atomic E-state index is 12.2. The van der Waals surface area contributed by atoms with Crippen LogP contribution in [0.3, 0.4) is 0 Å². The van der Waals surface area contributed by atoms with E-state index in [1.54, 1.807) is 30.5 Å². The molecule has 1 unspecified atom stereocenters. The van der Waals surface area contributed by atoms with Gasteiger partial charge in [0.1, 0.15) is 6.04 Å². The molecule has 3 rings (SSSR count). The summed E-state index contributed by atoms with van der Waals surface area (Å²) in [5.74, 6) is 0.455. The molecule has 0 aliphatic heterocycles. The van der Waals surface area contributed by atoms with Crippen LogP contribution in [0.1, 0.15) is 30.3 Å². The highest BCUT2D eigenvalue weighted by Crippen LogP contribution is 2.20. The quantitative estimate of drug-likeness (QED) is 0.643. The van der Waals surface area contributed by atoms with Gasteiger partial charge in [-0.15, -0.1) is 0 Å². The third-order valence-corrected chi connectivity index (χ3v) is 4.13. The Balaban J connectivity index is 1.51.